The standard InChI is InChI=1S/C23H21FN8O3.C2H4O2/c1-34-16-11-15(17(24)14-7-10-35-19(14)16)18(29-13-5-3-12(4-6-13)20(25)26)21-30-23(33)32(31-21)22-27-8-2-9-28-22;1-2(3)4/h2-6,8-9,11,18,29H,7,10H2,1H3,(H3,25,26)(H,30,31,33);1H3,(H,3,4). The van der Waals surface area contributed by atoms with Crippen LogP contribution in [0.25, 0.3) is 5.95 Å². The van der Waals surface area contributed by atoms with E-state index in [0.717, 1.165) is 11.6 Å². The molecule has 0 bridgehead atoms. The molecule has 4 aromatic rings. The van der Waals surface area contributed by atoms with Crippen LogP contribution in [0.2, 0.25) is 0 Å². The molecule has 5 rings (SSSR count). The van der Waals surface area contributed by atoms with E-state index in [2.05, 4.69) is 25.4 Å². The number of aromatic amines is 1. The molecular formula is C25H25FN8O5. The number of nitrogen functional groups attached to an aromatic ring is 1. The maximum atomic E-state index is 15.8. The van der Waals surface area contributed by atoms with Crippen molar-refractivity contribution < 1.29 is 23.8 Å². The Balaban J connectivity index is 0.000000826. The lowest BCUT2D eigenvalue weighted by Gasteiger charge is -2.21. The number of carbonyl (C=O) groups is 1. The number of methoxy groups -OCH3 is 1. The first-order valence-corrected chi connectivity index (χ1v) is 11.6. The molecular weight excluding hydrogens is 511 g/mol. The molecule has 1 unspecified atom stereocenters. The van der Waals surface area contributed by atoms with Gasteiger partial charge in [0.15, 0.2) is 17.3 Å². The summed E-state index contributed by atoms with van der Waals surface area (Å²) in [5.41, 5.74) is 6.69. The Bertz CT molecular complexity index is 1550. The van der Waals surface area contributed by atoms with Crippen LogP contribution in [0, 0.1) is 11.2 Å². The van der Waals surface area contributed by atoms with E-state index >= 15 is 4.39 Å². The predicted octanol–water partition coefficient (Wildman–Crippen LogP) is 2.01. The number of hydrogen-bond acceptors (Lipinski definition) is 9. The minimum Gasteiger partial charge on any atom is -0.493 e. The summed E-state index contributed by atoms with van der Waals surface area (Å²) < 4.78 is 27.8. The second kappa shape index (κ2) is 11.4. The molecule has 39 heavy (non-hydrogen) atoms. The monoisotopic (exact) mass is 536 g/mol. The molecule has 0 saturated heterocycles. The van der Waals surface area contributed by atoms with Gasteiger partial charge in [-0.1, -0.05) is 0 Å². The molecule has 1 aliphatic rings. The number of nitrogens with one attached hydrogen (secondary N) is 3. The first-order valence-electron chi connectivity index (χ1n) is 11.6. The zero-order valence-corrected chi connectivity index (χ0v) is 20.9. The number of carboxylic acids is 1. The minimum atomic E-state index is -0.921. The van der Waals surface area contributed by atoms with E-state index in [1.54, 1.807) is 30.3 Å². The van der Waals surface area contributed by atoms with E-state index < -0.39 is 23.5 Å². The third kappa shape index (κ3) is 5.84. The lowest BCUT2D eigenvalue weighted by molar-refractivity contribution is -0.134. The summed E-state index contributed by atoms with van der Waals surface area (Å²) in [6.07, 6.45) is 3.36. The summed E-state index contributed by atoms with van der Waals surface area (Å²) in [5, 5.41) is 22.6. The fourth-order valence-electron chi connectivity index (χ4n) is 3.90. The van der Waals surface area contributed by atoms with E-state index in [9.17, 15) is 4.79 Å². The molecule has 13 nitrogen and oxygen atoms in total. The van der Waals surface area contributed by atoms with Crippen molar-refractivity contribution in [2.24, 2.45) is 5.73 Å². The molecule has 3 heterocycles. The average Bonchev–Trinajstić information content (AvgIpc) is 3.56. The van der Waals surface area contributed by atoms with Crippen LogP contribution < -0.4 is 26.2 Å². The summed E-state index contributed by atoms with van der Waals surface area (Å²) in [7, 11) is 1.48. The number of fused-ring (bicyclic) bond motifs is 1. The molecule has 0 radical (unpaired) electrons. The number of amidine groups is 1. The number of halogens is 1. The van der Waals surface area contributed by atoms with Crippen molar-refractivity contribution in [1.82, 2.24) is 24.7 Å². The van der Waals surface area contributed by atoms with Gasteiger partial charge in [0.2, 0.25) is 0 Å². The van der Waals surface area contributed by atoms with Crippen LogP contribution in [-0.4, -0.2) is 55.4 Å². The molecule has 6 N–H and O–H groups in total. The number of nitrogens with zero attached hydrogens (tertiary/aromatic N) is 4. The number of carboxylic acid groups (broad SMARTS) is 1. The molecule has 14 heteroatoms. The van der Waals surface area contributed by atoms with Crippen molar-refractivity contribution in [1.29, 1.82) is 5.41 Å². The van der Waals surface area contributed by atoms with Crippen molar-refractivity contribution in [3.63, 3.8) is 0 Å². The van der Waals surface area contributed by atoms with Crippen LogP contribution in [0.5, 0.6) is 11.5 Å². The van der Waals surface area contributed by atoms with Crippen LogP contribution in [0.3, 0.4) is 0 Å². The first kappa shape index (κ1) is 26.8. The fourth-order valence-corrected chi connectivity index (χ4v) is 3.90. The number of anilines is 1. The highest BCUT2D eigenvalue weighted by Gasteiger charge is 2.31. The lowest BCUT2D eigenvalue weighted by atomic mass is 9.99. The van der Waals surface area contributed by atoms with E-state index in [-0.39, 0.29) is 23.2 Å². The maximum Gasteiger partial charge on any atom is 0.350 e. The molecule has 1 atom stereocenters. The maximum absolute atomic E-state index is 15.8. The highest BCUT2D eigenvalue weighted by Crippen LogP contribution is 2.42. The largest absolute Gasteiger partial charge is 0.493 e. The minimum absolute atomic E-state index is 0.0740. The number of rotatable bonds is 7. The quantitative estimate of drug-likeness (QED) is 0.172. The van der Waals surface area contributed by atoms with Gasteiger partial charge in [-0.2, -0.15) is 0 Å². The van der Waals surface area contributed by atoms with Gasteiger partial charge in [0.1, 0.15) is 17.7 Å². The molecule has 202 valence electrons. The third-order valence-corrected chi connectivity index (χ3v) is 5.59. The van der Waals surface area contributed by atoms with Crippen LogP contribution in [-0.2, 0) is 11.2 Å². The molecule has 1 aliphatic heterocycles. The second-order valence-electron chi connectivity index (χ2n) is 8.25. The Kier molecular flexibility index (Phi) is 7.84. The SMILES string of the molecule is CC(=O)O.COc1cc(C(Nc2ccc(C(=N)N)cc2)c2nn(-c3ncccn3)c(=O)[nH]2)c(F)c2c1OCC2. The van der Waals surface area contributed by atoms with Crippen LogP contribution in [0.1, 0.15) is 35.5 Å². The van der Waals surface area contributed by atoms with Crippen molar-refractivity contribution in [3.8, 4) is 17.4 Å². The zero-order valence-electron chi connectivity index (χ0n) is 20.9. The Hall–Kier alpha value is -5.27. The highest BCUT2D eigenvalue weighted by atomic mass is 19.1. The second-order valence-corrected chi connectivity index (χ2v) is 8.25. The normalized spacial score (nSPS) is 12.4. The smallest absolute Gasteiger partial charge is 0.350 e. The predicted molar refractivity (Wildman–Crippen MR) is 138 cm³/mol. The summed E-state index contributed by atoms with van der Waals surface area (Å²) >= 11 is 0. The Morgan fingerprint density at radius 1 is 1.31 bits per heavy atom. The number of benzene rings is 2. The van der Waals surface area contributed by atoms with Gasteiger partial charge in [0.05, 0.1) is 13.7 Å². The van der Waals surface area contributed by atoms with Crippen LogP contribution in [0.4, 0.5) is 10.1 Å². The molecule has 0 spiro atoms. The van der Waals surface area contributed by atoms with Crippen molar-refractivity contribution in [2.75, 3.05) is 19.0 Å². The molecule has 0 amide bonds. The van der Waals surface area contributed by atoms with Crippen molar-refractivity contribution in [3.05, 3.63) is 87.6 Å². The van der Waals surface area contributed by atoms with E-state index in [1.165, 1.54) is 25.6 Å². The number of H-pyrrole nitrogens is 1. The topological polar surface area (TPSA) is 194 Å². The Morgan fingerprint density at radius 3 is 2.59 bits per heavy atom. The number of ether oxygens (including phenoxy) is 2. The van der Waals surface area contributed by atoms with Crippen molar-refractivity contribution in [2.45, 2.75) is 19.4 Å². The molecule has 2 aromatic heterocycles. The van der Waals surface area contributed by atoms with E-state index in [0.29, 0.717) is 41.3 Å². The Labute approximate surface area is 221 Å². The summed E-state index contributed by atoms with van der Waals surface area (Å²) in [5.74, 6) is -0.436. The first-order chi connectivity index (χ1) is 18.7. The Morgan fingerprint density at radius 2 is 1.97 bits per heavy atom. The number of aromatic nitrogens is 5. The molecule has 0 fully saturated rings. The van der Waals surface area contributed by atoms with Gasteiger partial charge >= 0.3 is 5.69 Å². The summed E-state index contributed by atoms with van der Waals surface area (Å²) in [6.45, 7) is 1.42. The van der Waals surface area contributed by atoms with E-state index in [1.807, 2.05) is 0 Å². The molecule has 0 aliphatic carbocycles. The third-order valence-electron chi connectivity index (χ3n) is 5.59. The van der Waals surface area contributed by atoms with Crippen LogP contribution >= 0.6 is 0 Å². The van der Waals surface area contributed by atoms with Gasteiger partial charge < -0.3 is 25.6 Å². The summed E-state index contributed by atoms with van der Waals surface area (Å²) in [4.78, 5) is 32.5. The van der Waals surface area contributed by atoms with E-state index in [4.69, 9.17) is 30.5 Å². The molecule has 0 saturated carbocycles. The average molecular weight is 537 g/mol. The van der Waals surface area contributed by atoms with Gasteiger partial charge in [-0.15, -0.1) is 9.78 Å². The van der Waals surface area contributed by atoms with Crippen molar-refractivity contribution >= 4 is 17.5 Å². The zero-order chi connectivity index (χ0) is 28.1. The van der Waals surface area contributed by atoms with Gasteiger partial charge in [-0.3, -0.25) is 15.2 Å². The fraction of sp³-hybridized carbons (Fsp3) is 0.200. The van der Waals surface area contributed by atoms with Crippen LogP contribution in [0.15, 0.2) is 53.6 Å². The number of aliphatic carboxylic acids is 1. The number of hydrogen-bond donors (Lipinski definition) is 5. The van der Waals surface area contributed by atoms with Gasteiger partial charge in [0, 0.05) is 48.1 Å². The highest BCUT2D eigenvalue weighted by molar-refractivity contribution is 5.95. The van der Waals surface area contributed by atoms with Gasteiger partial charge in [0.25, 0.3) is 11.9 Å². The number of nitrogens with two attached hydrogens (primary N) is 1. The van der Waals surface area contributed by atoms with Gasteiger partial charge in [-0.05, 0) is 36.4 Å². The lowest BCUT2D eigenvalue weighted by Crippen LogP contribution is -2.18. The van der Waals surface area contributed by atoms with Gasteiger partial charge in [-0.25, -0.2) is 19.2 Å². The summed E-state index contributed by atoms with van der Waals surface area (Å²) in [6, 6.07) is 8.94. The molecule has 2 aromatic carbocycles.